The minimum atomic E-state index is -0.140. The van der Waals surface area contributed by atoms with Crippen LogP contribution in [0.3, 0.4) is 0 Å². The molecule has 2 aliphatic rings. The van der Waals surface area contributed by atoms with E-state index in [2.05, 4.69) is 22.5 Å². The molecule has 7 heteroatoms. The van der Waals surface area contributed by atoms with Crippen LogP contribution in [0.25, 0.3) is 22.3 Å². The van der Waals surface area contributed by atoms with Gasteiger partial charge in [0.05, 0.1) is 34.0 Å². The van der Waals surface area contributed by atoms with Crippen LogP contribution >= 0.6 is 11.6 Å². The summed E-state index contributed by atoms with van der Waals surface area (Å²) in [6.45, 7) is 4.62. The molecule has 1 saturated carbocycles. The highest BCUT2D eigenvalue weighted by molar-refractivity contribution is 6.37. The highest BCUT2D eigenvalue weighted by atomic mass is 35.5. The lowest BCUT2D eigenvalue weighted by Crippen LogP contribution is -2.18. The molecule has 1 aromatic carbocycles. The molecule has 26 heavy (non-hydrogen) atoms. The number of nitrogens with zero attached hydrogens (tertiary/aromatic N) is 2. The zero-order valence-corrected chi connectivity index (χ0v) is 15.3. The molecular weight excluding hydrogens is 350 g/mol. The molecule has 3 heterocycles. The lowest BCUT2D eigenvalue weighted by molar-refractivity contribution is 0.0966. The van der Waals surface area contributed by atoms with E-state index in [0.29, 0.717) is 17.1 Å². The van der Waals surface area contributed by atoms with Crippen molar-refractivity contribution in [1.29, 1.82) is 0 Å². The summed E-state index contributed by atoms with van der Waals surface area (Å²) in [5.74, 6) is 0.664. The SMILES string of the molecule is Cc1nc2cccc(-c3[nH]c4c(c3Cl)C(=O)NC4)c2nc1NC1(C)CC1. The van der Waals surface area contributed by atoms with Crippen molar-refractivity contribution in [1.82, 2.24) is 20.3 Å². The largest absolute Gasteiger partial charge is 0.363 e. The van der Waals surface area contributed by atoms with Gasteiger partial charge >= 0.3 is 0 Å². The number of hydrogen-bond donors (Lipinski definition) is 3. The number of hydrogen-bond acceptors (Lipinski definition) is 4. The Morgan fingerprint density at radius 1 is 1.27 bits per heavy atom. The van der Waals surface area contributed by atoms with Gasteiger partial charge in [-0.2, -0.15) is 0 Å². The number of carbonyl (C=O) groups is 1. The fourth-order valence-corrected chi connectivity index (χ4v) is 3.77. The van der Waals surface area contributed by atoms with E-state index in [4.69, 9.17) is 21.6 Å². The molecule has 0 bridgehead atoms. The van der Waals surface area contributed by atoms with Crippen LogP contribution in [-0.4, -0.2) is 26.4 Å². The summed E-state index contributed by atoms with van der Waals surface area (Å²) in [7, 11) is 0. The Balaban J connectivity index is 1.70. The van der Waals surface area contributed by atoms with Crippen LogP contribution in [0.4, 0.5) is 5.82 Å². The van der Waals surface area contributed by atoms with Crippen LogP contribution in [-0.2, 0) is 6.54 Å². The summed E-state index contributed by atoms with van der Waals surface area (Å²) in [4.78, 5) is 24.9. The highest BCUT2D eigenvalue weighted by Crippen LogP contribution is 2.40. The highest BCUT2D eigenvalue weighted by Gasteiger charge is 2.38. The normalized spacial score (nSPS) is 17.3. The summed E-state index contributed by atoms with van der Waals surface area (Å²) < 4.78 is 0. The first-order valence-corrected chi connectivity index (χ1v) is 9.07. The topological polar surface area (TPSA) is 82.7 Å². The first-order valence-electron chi connectivity index (χ1n) is 8.70. The summed E-state index contributed by atoms with van der Waals surface area (Å²) in [6, 6.07) is 5.84. The van der Waals surface area contributed by atoms with E-state index in [-0.39, 0.29) is 11.4 Å². The van der Waals surface area contributed by atoms with Crippen LogP contribution in [0.1, 0.15) is 41.5 Å². The van der Waals surface area contributed by atoms with Gasteiger partial charge in [-0.1, -0.05) is 23.7 Å². The maximum atomic E-state index is 12.0. The zero-order chi connectivity index (χ0) is 18.1. The third-order valence-electron chi connectivity index (χ3n) is 5.23. The van der Waals surface area contributed by atoms with Crippen LogP contribution < -0.4 is 10.6 Å². The molecule has 1 aliphatic heterocycles. The second-order valence-corrected chi connectivity index (χ2v) is 7.74. The van der Waals surface area contributed by atoms with Gasteiger partial charge in [0.25, 0.3) is 5.91 Å². The van der Waals surface area contributed by atoms with E-state index < -0.39 is 0 Å². The molecule has 0 unspecified atom stereocenters. The van der Waals surface area contributed by atoms with Gasteiger partial charge in [-0.05, 0) is 32.8 Å². The Bertz CT molecular complexity index is 1080. The van der Waals surface area contributed by atoms with Crippen molar-refractivity contribution < 1.29 is 4.79 Å². The first-order chi connectivity index (χ1) is 12.5. The maximum absolute atomic E-state index is 12.0. The molecule has 0 spiro atoms. The van der Waals surface area contributed by atoms with Gasteiger partial charge in [-0.15, -0.1) is 0 Å². The number of carbonyl (C=O) groups excluding carboxylic acids is 1. The molecule has 132 valence electrons. The Morgan fingerprint density at radius 2 is 2.08 bits per heavy atom. The lowest BCUT2D eigenvalue weighted by Gasteiger charge is -2.15. The van der Waals surface area contributed by atoms with E-state index in [0.717, 1.165) is 52.3 Å². The van der Waals surface area contributed by atoms with Crippen LogP contribution in [0.2, 0.25) is 5.02 Å². The number of H-pyrrole nitrogens is 1. The minimum absolute atomic E-state index is 0.116. The van der Waals surface area contributed by atoms with Gasteiger partial charge in [-0.3, -0.25) is 4.79 Å². The molecule has 1 fully saturated rings. The van der Waals surface area contributed by atoms with Gasteiger partial charge in [0.2, 0.25) is 0 Å². The summed E-state index contributed by atoms with van der Waals surface area (Å²) in [6.07, 6.45) is 2.27. The maximum Gasteiger partial charge on any atom is 0.255 e. The van der Waals surface area contributed by atoms with E-state index in [9.17, 15) is 4.79 Å². The summed E-state index contributed by atoms with van der Waals surface area (Å²) in [5.41, 5.74) is 5.49. The average molecular weight is 368 g/mol. The number of para-hydroxylation sites is 1. The molecule has 3 N–H and O–H groups in total. The van der Waals surface area contributed by atoms with Gasteiger partial charge in [0, 0.05) is 16.8 Å². The number of nitrogens with one attached hydrogen (secondary N) is 3. The van der Waals surface area contributed by atoms with Crippen molar-refractivity contribution in [2.75, 3.05) is 5.32 Å². The quantitative estimate of drug-likeness (QED) is 0.657. The molecule has 1 aliphatic carbocycles. The fourth-order valence-electron chi connectivity index (χ4n) is 3.42. The van der Waals surface area contributed by atoms with E-state index in [1.807, 2.05) is 25.1 Å². The Morgan fingerprint density at radius 3 is 2.81 bits per heavy atom. The number of halogens is 1. The number of benzene rings is 1. The second kappa shape index (κ2) is 5.20. The van der Waals surface area contributed by atoms with Crippen LogP contribution in [0.15, 0.2) is 18.2 Å². The van der Waals surface area contributed by atoms with Gasteiger partial charge in [-0.25, -0.2) is 9.97 Å². The molecule has 0 atom stereocenters. The molecule has 6 nitrogen and oxygen atoms in total. The standard InChI is InChI=1S/C19H18ClN5O/c1-9-17(25-19(2)6-7-19)24-15-10(4-3-5-11(15)22-9)16-14(20)13-12(23-16)8-21-18(13)26/h3-5,23H,6-8H2,1-2H3,(H,21,26)(H,24,25). The fraction of sp³-hybridized carbons (Fsp3) is 0.316. The third-order valence-corrected chi connectivity index (χ3v) is 5.61. The number of anilines is 1. The molecular formula is C19H18ClN5O. The summed E-state index contributed by atoms with van der Waals surface area (Å²) in [5, 5.41) is 6.73. The molecule has 3 aromatic rings. The first kappa shape index (κ1) is 15.6. The number of aryl methyl sites for hydroxylation is 1. The van der Waals surface area contributed by atoms with Crippen LogP contribution in [0.5, 0.6) is 0 Å². The van der Waals surface area contributed by atoms with Gasteiger partial charge in [0.1, 0.15) is 11.3 Å². The minimum Gasteiger partial charge on any atom is -0.363 e. The van der Waals surface area contributed by atoms with E-state index in [1.165, 1.54) is 0 Å². The molecule has 0 saturated heterocycles. The molecule has 5 rings (SSSR count). The predicted molar refractivity (Wildman–Crippen MR) is 102 cm³/mol. The smallest absolute Gasteiger partial charge is 0.255 e. The third kappa shape index (κ3) is 2.29. The summed E-state index contributed by atoms with van der Waals surface area (Å²) >= 11 is 6.53. The molecule has 1 amide bonds. The number of aromatic amines is 1. The number of aromatic nitrogens is 3. The average Bonchev–Trinajstić information content (AvgIpc) is 3.08. The van der Waals surface area contributed by atoms with Crippen molar-refractivity contribution in [2.45, 2.75) is 38.8 Å². The van der Waals surface area contributed by atoms with Crippen molar-refractivity contribution in [2.24, 2.45) is 0 Å². The van der Waals surface area contributed by atoms with Crippen molar-refractivity contribution >= 4 is 34.4 Å². The van der Waals surface area contributed by atoms with Crippen molar-refractivity contribution in [3.8, 4) is 11.3 Å². The number of amides is 1. The Hall–Kier alpha value is -2.60. The Labute approximate surface area is 155 Å². The zero-order valence-electron chi connectivity index (χ0n) is 14.5. The van der Waals surface area contributed by atoms with Crippen molar-refractivity contribution in [3.05, 3.63) is 40.2 Å². The van der Waals surface area contributed by atoms with Crippen molar-refractivity contribution in [3.63, 3.8) is 0 Å². The van der Waals surface area contributed by atoms with Gasteiger partial charge < -0.3 is 15.6 Å². The van der Waals surface area contributed by atoms with Gasteiger partial charge in [0.15, 0.2) is 0 Å². The van der Waals surface area contributed by atoms with E-state index in [1.54, 1.807) is 0 Å². The monoisotopic (exact) mass is 367 g/mol. The van der Waals surface area contributed by atoms with E-state index >= 15 is 0 Å². The Kier molecular flexibility index (Phi) is 3.13. The molecule has 2 aromatic heterocycles. The number of fused-ring (bicyclic) bond motifs is 2. The predicted octanol–water partition coefficient (Wildman–Crippen LogP) is 3.79. The van der Waals surface area contributed by atoms with Crippen LogP contribution in [0, 0.1) is 6.92 Å². The lowest BCUT2D eigenvalue weighted by atomic mass is 10.1. The molecule has 0 radical (unpaired) electrons. The second-order valence-electron chi connectivity index (χ2n) is 7.37. The number of rotatable bonds is 3.